The molecule has 0 aliphatic heterocycles. The van der Waals surface area contributed by atoms with Crippen LogP contribution in [-0.4, -0.2) is 17.7 Å². The van der Waals surface area contributed by atoms with Crippen molar-refractivity contribution in [2.24, 2.45) is 5.92 Å². The van der Waals surface area contributed by atoms with Gasteiger partial charge in [0, 0.05) is 28.7 Å². The van der Waals surface area contributed by atoms with Crippen LogP contribution in [0.1, 0.15) is 37.6 Å². The highest BCUT2D eigenvalue weighted by Gasteiger charge is 2.24. The van der Waals surface area contributed by atoms with Gasteiger partial charge in [0.25, 0.3) is 0 Å². The van der Waals surface area contributed by atoms with E-state index in [0.717, 1.165) is 0 Å². The van der Waals surface area contributed by atoms with Crippen molar-refractivity contribution in [2.45, 2.75) is 27.2 Å². The molecular weight excluding hydrogens is 344 g/mol. The Morgan fingerprint density at radius 3 is 2.00 bits per heavy atom. The van der Waals surface area contributed by atoms with E-state index in [4.69, 9.17) is 9.47 Å². The lowest BCUT2D eigenvalue weighted by Gasteiger charge is -2.20. The van der Waals surface area contributed by atoms with Crippen LogP contribution < -0.4 is 4.74 Å². The van der Waals surface area contributed by atoms with Gasteiger partial charge in [0.1, 0.15) is 11.5 Å². The molecule has 0 N–H and O–H groups in total. The molecule has 0 amide bonds. The van der Waals surface area contributed by atoms with E-state index in [0.29, 0.717) is 40.2 Å². The second-order valence-corrected chi connectivity index (χ2v) is 6.55. The van der Waals surface area contributed by atoms with Crippen molar-refractivity contribution in [3.05, 3.63) is 77.6 Å². The smallest absolute Gasteiger partial charge is 0.338 e. The van der Waals surface area contributed by atoms with Crippen LogP contribution in [0.5, 0.6) is 5.75 Å². The minimum absolute atomic E-state index is 0.101. The first kappa shape index (κ1) is 20.1. The SMILES string of the molecule is C=C(C)C(=O)OC1=CC=C(C(=O)c2ccc(OC(=O)C(=C)C)cc2)C(C)C1. The second-order valence-electron chi connectivity index (χ2n) is 6.55. The zero-order chi connectivity index (χ0) is 20.1. The number of ether oxygens (including phenoxy) is 2. The molecule has 5 nitrogen and oxygen atoms in total. The highest BCUT2D eigenvalue weighted by Crippen LogP contribution is 2.29. The molecule has 0 radical (unpaired) electrons. The van der Waals surface area contributed by atoms with E-state index >= 15 is 0 Å². The average molecular weight is 366 g/mol. The van der Waals surface area contributed by atoms with Crippen molar-refractivity contribution in [1.29, 1.82) is 0 Å². The van der Waals surface area contributed by atoms with Crippen LogP contribution >= 0.6 is 0 Å². The molecule has 0 saturated heterocycles. The minimum atomic E-state index is -0.514. The van der Waals surface area contributed by atoms with E-state index in [-0.39, 0.29) is 11.7 Å². The van der Waals surface area contributed by atoms with Gasteiger partial charge in [-0.1, -0.05) is 26.2 Å². The molecule has 0 aromatic heterocycles. The molecular formula is C22H22O5. The van der Waals surface area contributed by atoms with Crippen molar-refractivity contribution < 1.29 is 23.9 Å². The Kier molecular flexibility index (Phi) is 6.29. The summed E-state index contributed by atoms with van der Waals surface area (Å²) in [5.74, 6) is -0.359. The van der Waals surface area contributed by atoms with Crippen LogP contribution in [0.2, 0.25) is 0 Å². The van der Waals surface area contributed by atoms with Gasteiger partial charge in [0.2, 0.25) is 0 Å². The predicted octanol–water partition coefficient (Wildman–Crippen LogP) is 4.32. The fourth-order valence-corrected chi connectivity index (χ4v) is 2.44. The van der Waals surface area contributed by atoms with Crippen molar-refractivity contribution in [3.8, 4) is 5.75 Å². The second kappa shape index (κ2) is 8.45. The quantitative estimate of drug-likeness (QED) is 0.325. The number of carbonyl (C=O) groups is 3. The van der Waals surface area contributed by atoms with E-state index in [1.807, 2.05) is 6.92 Å². The van der Waals surface area contributed by atoms with Crippen LogP contribution in [0.4, 0.5) is 0 Å². The monoisotopic (exact) mass is 366 g/mol. The van der Waals surface area contributed by atoms with Gasteiger partial charge in [-0.25, -0.2) is 9.59 Å². The first-order valence-electron chi connectivity index (χ1n) is 8.50. The van der Waals surface area contributed by atoms with Gasteiger partial charge in [-0.05, 0) is 50.1 Å². The van der Waals surface area contributed by atoms with Crippen LogP contribution in [0.15, 0.2) is 72.1 Å². The maximum atomic E-state index is 12.7. The van der Waals surface area contributed by atoms with Gasteiger partial charge in [-0.3, -0.25) is 4.79 Å². The summed E-state index contributed by atoms with van der Waals surface area (Å²) in [6.07, 6.45) is 3.76. The molecule has 0 saturated carbocycles. The lowest BCUT2D eigenvalue weighted by atomic mass is 9.87. The molecule has 1 unspecified atom stereocenters. The number of carbonyl (C=O) groups excluding carboxylic acids is 3. The van der Waals surface area contributed by atoms with Gasteiger partial charge in [0.05, 0.1) is 0 Å². The number of Topliss-reactive ketones (excluding diaryl/α,β-unsaturated/α-hetero) is 1. The van der Waals surface area contributed by atoms with E-state index in [1.54, 1.807) is 50.3 Å². The summed E-state index contributed by atoms with van der Waals surface area (Å²) in [6, 6.07) is 6.35. The Balaban J connectivity index is 2.12. The van der Waals surface area contributed by atoms with Crippen LogP contribution in [0, 0.1) is 5.92 Å². The maximum Gasteiger partial charge on any atom is 0.338 e. The number of benzene rings is 1. The lowest BCUT2D eigenvalue weighted by molar-refractivity contribution is -0.135. The van der Waals surface area contributed by atoms with E-state index in [2.05, 4.69) is 13.2 Å². The van der Waals surface area contributed by atoms with Gasteiger partial charge in [-0.15, -0.1) is 0 Å². The average Bonchev–Trinajstić information content (AvgIpc) is 2.61. The number of hydrogen-bond acceptors (Lipinski definition) is 5. The van der Waals surface area contributed by atoms with Crippen LogP contribution in [0.25, 0.3) is 0 Å². The third-order valence-electron chi connectivity index (χ3n) is 4.00. The fraction of sp³-hybridized carbons (Fsp3) is 0.227. The summed E-state index contributed by atoms with van der Waals surface area (Å²) in [7, 11) is 0. The fourth-order valence-electron chi connectivity index (χ4n) is 2.44. The summed E-state index contributed by atoms with van der Waals surface area (Å²) in [6.45, 7) is 12.1. The Hall–Kier alpha value is -3.21. The standard InChI is InChI=1S/C22H22O5/c1-13(2)21(24)26-17-8-6-16(7-9-17)20(23)19-11-10-18(12-15(19)5)27-22(25)14(3)4/h6-11,15H,1,3,12H2,2,4-5H3. The van der Waals surface area contributed by atoms with E-state index in [1.165, 1.54) is 0 Å². The zero-order valence-electron chi connectivity index (χ0n) is 15.7. The first-order valence-corrected chi connectivity index (χ1v) is 8.50. The third-order valence-corrected chi connectivity index (χ3v) is 4.00. The summed E-state index contributed by atoms with van der Waals surface area (Å²) in [4.78, 5) is 35.9. The molecule has 27 heavy (non-hydrogen) atoms. The number of allylic oxidation sites excluding steroid dienone is 4. The van der Waals surface area contributed by atoms with Crippen LogP contribution in [-0.2, 0) is 14.3 Å². The molecule has 1 atom stereocenters. The zero-order valence-corrected chi connectivity index (χ0v) is 15.7. The lowest BCUT2D eigenvalue weighted by Crippen LogP contribution is -2.17. The Morgan fingerprint density at radius 1 is 0.926 bits per heavy atom. The Labute approximate surface area is 158 Å². The Bertz CT molecular complexity index is 868. The number of ketones is 1. The van der Waals surface area contributed by atoms with Crippen LogP contribution in [0.3, 0.4) is 0 Å². The molecule has 2 rings (SSSR count). The molecule has 0 fully saturated rings. The topological polar surface area (TPSA) is 69.7 Å². The van der Waals surface area contributed by atoms with E-state index < -0.39 is 11.9 Å². The summed E-state index contributed by atoms with van der Waals surface area (Å²) in [5.41, 5.74) is 1.73. The normalized spacial score (nSPS) is 15.9. The molecule has 0 spiro atoms. The number of esters is 2. The maximum absolute atomic E-state index is 12.7. The molecule has 5 heteroatoms. The van der Waals surface area contributed by atoms with Crippen molar-refractivity contribution in [2.75, 3.05) is 0 Å². The number of rotatable bonds is 6. The third kappa shape index (κ3) is 5.14. The van der Waals surface area contributed by atoms with E-state index in [9.17, 15) is 14.4 Å². The van der Waals surface area contributed by atoms with Crippen molar-refractivity contribution in [3.63, 3.8) is 0 Å². The highest BCUT2D eigenvalue weighted by atomic mass is 16.5. The molecule has 0 bridgehead atoms. The van der Waals surface area contributed by atoms with Crippen molar-refractivity contribution in [1.82, 2.24) is 0 Å². The first-order chi connectivity index (χ1) is 12.7. The van der Waals surface area contributed by atoms with Gasteiger partial charge >= 0.3 is 11.9 Å². The predicted molar refractivity (Wildman–Crippen MR) is 102 cm³/mol. The van der Waals surface area contributed by atoms with Gasteiger partial charge < -0.3 is 9.47 Å². The molecule has 140 valence electrons. The summed E-state index contributed by atoms with van der Waals surface area (Å²) >= 11 is 0. The van der Waals surface area contributed by atoms with Gasteiger partial charge in [0.15, 0.2) is 5.78 Å². The molecule has 1 aromatic rings. The largest absolute Gasteiger partial charge is 0.428 e. The molecule has 1 aliphatic carbocycles. The van der Waals surface area contributed by atoms with Crippen molar-refractivity contribution >= 4 is 17.7 Å². The minimum Gasteiger partial charge on any atom is -0.428 e. The van der Waals surface area contributed by atoms with Gasteiger partial charge in [-0.2, -0.15) is 0 Å². The highest BCUT2D eigenvalue weighted by molar-refractivity contribution is 6.09. The molecule has 1 aromatic carbocycles. The number of hydrogen-bond donors (Lipinski definition) is 0. The summed E-state index contributed by atoms with van der Waals surface area (Å²) in [5, 5.41) is 0. The Morgan fingerprint density at radius 2 is 1.48 bits per heavy atom. The molecule has 1 aliphatic rings. The summed E-state index contributed by atoms with van der Waals surface area (Å²) < 4.78 is 10.4. The molecule has 0 heterocycles.